The maximum absolute atomic E-state index is 5.36. The fourth-order valence-electron chi connectivity index (χ4n) is 6.51. The Morgan fingerprint density at radius 2 is 1.54 bits per heavy atom. The topological polar surface area (TPSA) is 25.8 Å². The van der Waals surface area contributed by atoms with Gasteiger partial charge in [-0.15, -0.1) is 11.3 Å². The lowest BCUT2D eigenvalue weighted by molar-refractivity contribution is 0.609. The highest BCUT2D eigenvalue weighted by Crippen LogP contribution is 2.42. The Hall–Kier alpha value is -4.34. The van der Waals surface area contributed by atoms with Crippen molar-refractivity contribution < 1.29 is 0 Å². The summed E-state index contributed by atoms with van der Waals surface area (Å²) in [5.41, 5.74) is 8.68. The van der Waals surface area contributed by atoms with Crippen LogP contribution < -0.4 is 0 Å². The highest BCUT2D eigenvalue weighted by Gasteiger charge is 2.25. The lowest BCUT2D eigenvalue weighted by Crippen LogP contribution is -2.13. The van der Waals surface area contributed by atoms with E-state index in [1.165, 1.54) is 61.3 Å². The molecule has 0 N–H and O–H groups in total. The van der Waals surface area contributed by atoms with Gasteiger partial charge in [-0.2, -0.15) is 0 Å². The number of pyridine rings is 1. The van der Waals surface area contributed by atoms with Crippen LogP contribution in [0, 0.1) is 0 Å². The second kappa shape index (κ2) is 9.14. The number of hydrogen-bond acceptors (Lipinski definition) is 3. The highest BCUT2D eigenvalue weighted by atomic mass is 32.1. The molecule has 0 saturated heterocycles. The normalized spacial score (nSPS) is 15.1. The van der Waals surface area contributed by atoms with Crippen molar-refractivity contribution in [2.24, 2.45) is 0 Å². The molecule has 0 saturated carbocycles. The number of benzene rings is 5. The van der Waals surface area contributed by atoms with Crippen molar-refractivity contribution in [1.29, 1.82) is 0 Å². The number of fused-ring (bicyclic) bond motifs is 6. The third-order valence-corrected chi connectivity index (χ3v) is 9.14. The van der Waals surface area contributed by atoms with Crippen molar-refractivity contribution in [2.75, 3.05) is 0 Å². The van der Waals surface area contributed by atoms with Crippen molar-refractivity contribution in [2.45, 2.75) is 25.2 Å². The summed E-state index contributed by atoms with van der Waals surface area (Å²) >= 11 is 1.67. The lowest BCUT2D eigenvalue weighted by Gasteiger charge is -2.27. The van der Waals surface area contributed by atoms with Crippen LogP contribution in [-0.4, -0.2) is 9.97 Å². The minimum absolute atomic E-state index is 0.303. The van der Waals surface area contributed by atoms with E-state index in [2.05, 4.69) is 108 Å². The van der Waals surface area contributed by atoms with Crippen molar-refractivity contribution in [3.05, 3.63) is 132 Å². The molecule has 5 aromatic carbocycles. The van der Waals surface area contributed by atoms with Gasteiger partial charge < -0.3 is 0 Å². The largest absolute Gasteiger partial charge is 0.252 e. The van der Waals surface area contributed by atoms with Crippen LogP contribution in [0.1, 0.15) is 35.6 Å². The fraction of sp³-hybridized carbons (Fsp3) is 0.111. The number of aryl methyl sites for hydroxylation is 1. The van der Waals surface area contributed by atoms with Gasteiger partial charge in [0.25, 0.3) is 0 Å². The van der Waals surface area contributed by atoms with Crippen LogP contribution in [0.5, 0.6) is 0 Å². The third-order valence-electron chi connectivity index (χ3n) is 8.32. The summed E-state index contributed by atoms with van der Waals surface area (Å²) in [7, 11) is 0. The minimum atomic E-state index is 0.303. The Morgan fingerprint density at radius 1 is 0.692 bits per heavy atom. The Balaban J connectivity index is 1.30. The van der Waals surface area contributed by atoms with Gasteiger partial charge in [0.2, 0.25) is 0 Å². The Bertz CT molecular complexity index is 1990. The first-order valence-electron chi connectivity index (χ1n) is 13.7. The van der Waals surface area contributed by atoms with E-state index in [1.54, 1.807) is 11.3 Å². The van der Waals surface area contributed by atoms with E-state index in [-0.39, 0.29) is 0 Å². The van der Waals surface area contributed by atoms with Crippen LogP contribution in [0.15, 0.2) is 115 Å². The predicted octanol–water partition coefficient (Wildman–Crippen LogP) is 9.80. The molecular weight excluding hydrogens is 492 g/mol. The van der Waals surface area contributed by atoms with Crippen LogP contribution >= 0.6 is 11.3 Å². The molecule has 1 unspecified atom stereocenters. The number of aromatic nitrogens is 2. The Kier molecular flexibility index (Phi) is 5.31. The van der Waals surface area contributed by atoms with Gasteiger partial charge in [0.1, 0.15) is 5.01 Å². The molecule has 2 nitrogen and oxygen atoms in total. The zero-order valence-electron chi connectivity index (χ0n) is 21.5. The number of thiazole rings is 1. The molecule has 1 aliphatic carbocycles. The molecule has 186 valence electrons. The van der Waals surface area contributed by atoms with Crippen molar-refractivity contribution in [3.63, 3.8) is 0 Å². The Labute approximate surface area is 231 Å². The van der Waals surface area contributed by atoms with Crippen LogP contribution in [0.3, 0.4) is 0 Å². The Morgan fingerprint density at radius 3 is 2.44 bits per heavy atom. The van der Waals surface area contributed by atoms with Crippen LogP contribution in [-0.2, 0) is 6.42 Å². The van der Waals surface area contributed by atoms with Gasteiger partial charge in [0.05, 0.1) is 5.52 Å². The van der Waals surface area contributed by atoms with Gasteiger partial charge >= 0.3 is 0 Å². The van der Waals surface area contributed by atoms with E-state index in [9.17, 15) is 0 Å². The smallest absolute Gasteiger partial charge is 0.123 e. The van der Waals surface area contributed by atoms with Gasteiger partial charge in [-0.25, -0.2) is 4.98 Å². The van der Waals surface area contributed by atoms with Crippen LogP contribution in [0.2, 0.25) is 0 Å². The molecule has 0 fully saturated rings. The fourth-order valence-corrected chi connectivity index (χ4v) is 7.14. The molecule has 0 spiro atoms. The minimum Gasteiger partial charge on any atom is -0.252 e. The van der Waals surface area contributed by atoms with Gasteiger partial charge in [-0.3, -0.25) is 4.98 Å². The maximum atomic E-state index is 5.36. The van der Waals surface area contributed by atoms with Crippen LogP contribution in [0.4, 0.5) is 0 Å². The molecule has 8 rings (SSSR count). The van der Waals surface area contributed by atoms with E-state index in [0.29, 0.717) is 5.92 Å². The zero-order valence-corrected chi connectivity index (χ0v) is 22.3. The summed E-state index contributed by atoms with van der Waals surface area (Å²) in [6.07, 6.45) is 5.31. The molecule has 0 bridgehead atoms. The monoisotopic (exact) mass is 518 g/mol. The summed E-state index contributed by atoms with van der Waals surface area (Å²) in [5, 5.41) is 9.66. The molecule has 2 aromatic heterocycles. The van der Waals surface area contributed by atoms with Crippen molar-refractivity contribution >= 4 is 43.8 Å². The molecule has 0 aliphatic heterocycles. The summed E-state index contributed by atoms with van der Waals surface area (Å²) in [5.74, 6) is 0.303. The molecule has 39 heavy (non-hydrogen) atoms. The number of rotatable bonds is 3. The average Bonchev–Trinajstić information content (AvgIpc) is 3.55. The molecule has 0 radical (unpaired) electrons. The predicted molar refractivity (Wildman–Crippen MR) is 165 cm³/mol. The molecule has 3 heteroatoms. The van der Waals surface area contributed by atoms with E-state index in [1.807, 2.05) is 11.6 Å². The van der Waals surface area contributed by atoms with Gasteiger partial charge in [-0.05, 0) is 81.3 Å². The number of nitrogens with zero attached hydrogens (tertiary/aromatic N) is 2. The SMILES string of the molecule is c1ccc(-c2cc(-c3nccs3)cc3nc(C4CCCc5c4ccc4c5ccc5ccccc54)ccc23)cc1. The molecule has 1 aliphatic rings. The zero-order chi connectivity index (χ0) is 25.8. The first kappa shape index (κ1) is 22.6. The summed E-state index contributed by atoms with van der Waals surface area (Å²) in [4.78, 5) is 9.97. The van der Waals surface area contributed by atoms with E-state index < -0.39 is 0 Å². The van der Waals surface area contributed by atoms with Gasteiger partial charge in [0, 0.05) is 34.1 Å². The van der Waals surface area contributed by atoms with E-state index >= 15 is 0 Å². The second-order valence-electron chi connectivity index (χ2n) is 10.5. The molecule has 0 amide bonds. The standard InChI is InChI=1S/C36H26N2S/c1-2-7-23(8-3-1)33-21-25(36-37-19-20-39-36)22-35-32(33)17-18-34(38-35)31-12-6-11-27-29-14-13-24-9-4-5-10-26(24)28(29)15-16-30(27)31/h1-5,7-10,13-22,31H,6,11-12H2. The molecule has 7 aromatic rings. The maximum Gasteiger partial charge on any atom is 0.123 e. The molecule has 1 atom stereocenters. The summed E-state index contributed by atoms with van der Waals surface area (Å²) < 4.78 is 0. The van der Waals surface area contributed by atoms with Crippen molar-refractivity contribution in [3.8, 4) is 21.7 Å². The average molecular weight is 519 g/mol. The quantitative estimate of drug-likeness (QED) is 0.218. The molecular formula is C36H26N2S. The lowest BCUT2D eigenvalue weighted by atomic mass is 9.78. The third kappa shape index (κ3) is 3.77. The summed E-state index contributed by atoms with van der Waals surface area (Å²) in [6, 6.07) is 37.7. The van der Waals surface area contributed by atoms with Gasteiger partial charge in [-0.1, -0.05) is 84.9 Å². The van der Waals surface area contributed by atoms with E-state index in [0.717, 1.165) is 28.9 Å². The highest BCUT2D eigenvalue weighted by molar-refractivity contribution is 7.13. The van der Waals surface area contributed by atoms with E-state index in [4.69, 9.17) is 4.98 Å². The number of hydrogen-bond donors (Lipinski definition) is 0. The van der Waals surface area contributed by atoms with Gasteiger partial charge in [0.15, 0.2) is 0 Å². The summed E-state index contributed by atoms with van der Waals surface area (Å²) in [6.45, 7) is 0. The first-order valence-corrected chi connectivity index (χ1v) is 14.5. The first-order chi connectivity index (χ1) is 19.3. The second-order valence-corrected chi connectivity index (χ2v) is 11.4. The van der Waals surface area contributed by atoms with Crippen LogP contribution in [0.25, 0.3) is 54.1 Å². The molecule has 2 heterocycles. The van der Waals surface area contributed by atoms with Crippen molar-refractivity contribution in [1.82, 2.24) is 9.97 Å².